The molecule has 132 valence electrons. The predicted molar refractivity (Wildman–Crippen MR) is 92.8 cm³/mol. The summed E-state index contributed by atoms with van der Waals surface area (Å²) in [4.78, 5) is 25.1. The Hall–Kier alpha value is -2.08. The fraction of sp³-hybridized carbons (Fsp3) is 0.556. The molecule has 4 N–H and O–H groups in total. The first kappa shape index (κ1) is 18.3. The van der Waals surface area contributed by atoms with Crippen molar-refractivity contribution in [3.8, 4) is 5.75 Å². The molecule has 24 heavy (non-hydrogen) atoms. The van der Waals surface area contributed by atoms with Crippen LogP contribution < -0.4 is 21.1 Å². The van der Waals surface area contributed by atoms with Gasteiger partial charge in [0.05, 0.1) is 12.7 Å². The number of methoxy groups -OCH3 is 1. The predicted octanol–water partition coefficient (Wildman–Crippen LogP) is 1.30. The quantitative estimate of drug-likeness (QED) is 0.668. The number of amides is 2. The molecule has 1 aliphatic rings. The Labute approximate surface area is 143 Å². The van der Waals surface area contributed by atoms with Crippen LogP contribution in [0.1, 0.15) is 37.0 Å². The van der Waals surface area contributed by atoms with Crippen molar-refractivity contribution in [2.75, 3.05) is 13.7 Å². The van der Waals surface area contributed by atoms with Gasteiger partial charge < -0.3 is 21.1 Å². The molecule has 1 saturated carbocycles. The van der Waals surface area contributed by atoms with Gasteiger partial charge in [-0.1, -0.05) is 26.0 Å². The standard InChI is InChI=1S/C18H27N3O3/c1-11(2)16(18(23)20-14(10-19)12-8-9-12)21-17(22)13-6-4-5-7-15(13)24-3/h4-7,11-12,14,16H,8-10,19H2,1-3H3,(H,20,23)(H,21,22). The van der Waals surface area contributed by atoms with E-state index in [2.05, 4.69) is 10.6 Å². The third kappa shape index (κ3) is 4.47. The Morgan fingerprint density at radius 1 is 1.25 bits per heavy atom. The highest BCUT2D eigenvalue weighted by molar-refractivity contribution is 5.99. The summed E-state index contributed by atoms with van der Waals surface area (Å²) >= 11 is 0. The van der Waals surface area contributed by atoms with Gasteiger partial charge in [0, 0.05) is 12.6 Å². The Kier molecular flexibility index (Phi) is 6.20. The van der Waals surface area contributed by atoms with Gasteiger partial charge in [0.15, 0.2) is 0 Å². The van der Waals surface area contributed by atoms with Crippen LogP contribution in [0.5, 0.6) is 5.75 Å². The zero-order valence-corrected chi connectivity index (χ0v) is 14.5. The van der Waals surface area contributed by atoms with Crippen LogP contribution in [0.3, 0.4) is 0 Å². The molecule has 2 rings (SSSR count). The van der Waals surface area contributed by atoms with E-state index in [-0.39, 0.29) is 23.8 Å². The van der Waals surface area contributed by atoms with Gasteiger partial charge in [-0.2, -0.15) is 0 Å². The molecule has 0 spiro atoms. The first-order valence-corrected chi connectivity index (χ1v) is 8.42. The summed E-state index contributed by atoms with van der Waals surface area (Å²) in [5.74, 6) is 0.404. The summed E-state index contributed by atoms with van der Waals surface area (Å²) in [5, 5.41) is 5.81. The van der Waals surface area contributed by atoms with Gasteiger partial charge in [-0.25, -0.2) is 0 Å². The number of benzene rings is 1. The molecular formula is C18H27N3O3. The molecule has 0 aliphatic heterocycles. The van der Waals surface area contributed by atoms with Crippen molar-refractivity contribution in [1.29, 1.82) is 0 Å². The molecule has 2 unspecified atom stereocenters. The van der Waals surface area contributed by atoms with E-state index in [1.165, 1.54) is 7.11 Å². The van der Waals surface area contributed by atoms with Gasteiger partial charge in [0.25, 0.3) is 5.91 Å². The Morgan fingerprint density at radius 2 is 1.92 bits per heavy atom. The summed E-state index contributed by atoms with van der Waals surface area (Å²) < 4.78 is 5.21. The number of carbonyl (C=O) groups excluding carboxylic acids is 2. The molecule has 2 amide bonds. The van der Waals surface area contributed by atoms with Gasteiger partial charge in [-0.05, 0) is 36.8 Å². The number of nitrogens with one attached hydrogen (secondary N) is 2. The second kappa shape index (κ2) is 8.15. The molecule has 1 aliphatic carbocycles. The monoisotopic (exact) mass is 333 g/mol. The molecule has 6 nitrogen and oxygen atoms in total. The molecule has 0 saturated heterocycles. The van der Waals surface area contributed by atoms with Gasteiger partial charge in [0.2, 0.25) is 5.91 Å². The van der Waals surface area contributed by atoms with Crippen LogP contribution in [-0.2, 0) is 4.79 Å². The van der Waals surface area contributed by atoms with Crippen LogP contribution in [0.15, 0.2) is 24.3 Å². The highest BCUT2D eigenvalue weighted by Gasteiger charge is 2.34. The molecule has 2 atom stereocenters. The lowest BCUT2D eigenvalue weighted by Gasteiger charge is -2.25. The summed E-state index contributed by atoms with van der Waals surface area (Å²) in [7, 11) is 1.51. The number of ether oxygens (including phenoxy) is 1. The lowest BCUT2D eigenvalue weighted by Crippen LogP contribution is -2.54. The number of carbonyl (C=O) groups is 2. The average Bonchev–Trinajstić information content (AvgIpc) is 3.41. The molecule has 1 aromatic carbocycles. The lowest BCUT2D eigenvalue weighted by atomic mass is 10.0. The van der Waals surface area contributed by atoms with E-state index in [0.717, 1.165) is 12.8 Å². The minimum atomic E-state index is -0.616. The maximum absolute atomic E-state index is 12.6. The number of rotatable bonds is 8. The van der Waals surface area contributed by atoms with Crippen LogP contribution in [0.25, 0.3) is 0 Å². The first-order chi connectivity index (χ1) is 11.5. The molecule has 1 aromatic rings. The van der Waals surface area contributed by atoms with E-state index in [9.17, 15) is 9.59 Å². The summed E-state index contributed by atoms with van der Waals surface area (Å²) in [6.07, 6.45) is 2.20. The second-order valence-electron chi connectivity index (χ2n) is 6.58. The molecule has 0 heterocycles. The van der Waals surface area contributed by atoms with Gasteiger partial charge >= 0.3 is 0 Å². The summed E-state index contributed by atoms with van der Waals surface area (Å²) in [6.45, 7) is 4.23. The molecule has 0 bridgehead atoms. The van der Waals surface area contributed by atoms with Gasteiger partial charge in [-0.3, -0.25) is 9.59 Å². The summed E-state index contributed by atoms with van der Waals surface area (Å²) in [5.41, 5.74) is 6.16. The number of nitrogens with two attached hydrogens (primary N) is 1. The van der Waals surface area contributed by atoms with E-state index in [1.54, 1.807) is 24.3 Å². The smallest absolute Gasteiger partial charge is 0.255 e. The Morgan fingerprint density at radius 3 is 2.46 bits per heavy atom. The van der Waals surface area contributed by atoms with Crippen molar-refractivity contribution in [1.82, 2.24) is 10.6 Å². The minimum Gasteiger partial charge on any atom is -0.496 e. The van der Waals surface area contributed by atoms with Crippen molar-refractivity contribution in [2.45, 2.75) is 38.8 Å². The van der Waals surface area contributed by atoms with E-state index in [0.29, 0.717) is 23.8 Å². The van der Waals surface area contributed by atoms with E-state index in [1.807, 2.05) is 13.8 Å². The van der Waals surface area contributed by atoms with Gasteiger partial charge in [-0.15, -0.1) is 0 Å². The topological polar surface area (TPSA) is 93.4 Å². The fourth-order valence-electron chi connectivity index (χ4n) is 2.73. The van der Waals surface area contributed by atoms with Gasteiger partial charge in [0.1, 0.15) is 11.8 Å². The second-order valence-corrected chi connectivity index (χ2v) is 6.58. The molecular weight excluding hydrogens is 306 g/mol. The van der Waals surface area contributed by atoms with Crippen molar-refractivity contribution in [3.05, 3.63) is 29.8 Å². The molecule has 1 fully saturated rings. The minimum absolute atomic E-state index is 0.0121. The van der Waals surface area contributed by atoms with Crippen LogP contribution >= 0.6 is 0 Å². The fourth-order valence-corrected chi connectivity index (χ4v) is 2.73. The zero-order chi connectivity index (χ0) is 17.7. The zero-order valence-electron chi connectivity index (χ0n) is 14.5. The summed E-state index contributed by atoms with van der Waals surface area (Å²) in [6, 6.07) is 6.33. The first-order valence-electron chi connectivity index (χ1n) is 8.42. The third-order valence-electron chi connectivity index (χ3n) is 4.36. The number of hydrogen-bond donors (Lipinski definition) is 3. The third-order valence-corrected chi connectivity index (χ3v) is 4.36. The highest BCUT2D eigenvalue weighted by atomic mass is 16.5. The van der Waals surface area contributed by atoms with Crippen LogP contribution in [0.4, 0.5) is 0 Å². The maximum Gasteiger partial charge on any atom is 0.255 e. The highest BCUT2D eigenvalue weighted by Crippen LogP contribution is 2.32. The van der Waals surface area contributed by atoms with Crippen LogP contribution in [0.2, 0.25) is 0 Å². The largest absolute Gasteiger partial charge is 0.496 e. The van der Waals surface area contributed by atoms with Crippen molar-refractivity contribution < 1.29 is 14.3 Å². The molecule has 0 radical (unpaired) electrons. The van der Waals surface area contributed by atoms with Crippen molar-refractivity contribution in [2.24, 2.45) is 17.6 Å². The SMILES string of the molecule is COc1ccccc1C(=O)NC(C(=O)NC(CN)C1CC1)C(C)C. The number of hydrogen-bond acceptors (Lipinski definition) is 4. The Bertz CT molecular complexity index is 585. The lowest BCUT2D eigenvalue weighted by molar-refractivity contribution is -0.124. The van der Waals surface area contributed by atoms with E-state index >= 15 is 0 Å². The van der Waals surface area contributed by atoms with Crippen LogP contribution in [-0.4, -0.2) is 37.6 Å². The van der Waals surface area contributed by atoms with E-state index in [4.69, 9.17) is 10.5 Å². The number of para-hydroxylation sites is 1. The normalized spacial score (nSPS) is 16.4. The molecule has 6 heteroatoms. The van der Waals surface area contributed by atoms with Crippen molar-refractivity contribution in [3.63, 3.8) is 0 Å². The maximum atomic E-state index is 12.6. The Balaban J connectivity index is 2.07. The van der Waals surface area contributed by atoms with Crippen molar-refractivity contribution >= 4 is 11.8 Å². The van der Waals surface area contributed by atoms with Crippen LogP contribution in [0, 0.1) is 11.8 Å². The van der Waals surface area contributed by atoms with E-state index < -0.39 is 6.04 Å². The molecule has 0 aromatic heterocycles. The average molecular weight is 333 g/mol.